The Bertz CT molecular complexity index is 647. The molecule has 0 bridgehead atoms. The Labute approximate surface area is 122 Å². The molecule has 1 N–H and O–H groups in total. The lowest BCUT2D eigenvalue weighted by Gasteiger charge is -2.27. The van der Waals surface area contributed by atoms with Crippen LogP contribution >= 0.6 is 0 Å². The lowest BCUT2D eigenvalue weighted by molar-refractivity contribution is 0.429. The molecule has 0 spiro atoms. The second-order valence-electron chi connectivity index (χ2n) is 5.58. The summed E-state index contributed by atoms with van der Waals surface area (Å²) < 4.78 is 26.7. The van der Waals surface area contributed by atoms with Crippen LogP contribution in [0.25, 0.3) is 0 Å². The molecule has 2 heterocycles. The Balaban J connectivity index is 1.82. The first kappa shape index (κ1) is 13.8. The van der Waals surface area contributed by atoms with Crippen molar-refractivity contribution in [2.45, 2.75) is 26.4 Å². The second kappa shape index (κ2) is 5.31. The normalized spacial score (nSPS) is 20.2. The highest BCUT2D eigenvalue weighted by molar-refractivity contribution is 5.87. The number of halogens is 2. The fourth-order valence-electron chi connectivity index (χ4n) is 2.53. The van der Waals surface area contributed by atoms with Crippen LogP contribution in [0.5, 0.6) is 0 Å². The third kappa shape index (κ3) is 2.68. The third-order valence-electron chi connectivity index (χ3n) is 3.60. The number of nitrogens with one attached hydrogen (secondary N) is 1. The van der Waals surface area contributed by atoms with Crippen LogP contribution in [0, 0.1) is 17.6 Å². The Hall–Kier alpha value is -2.17. The standard InChI is InChI=1S/C16H17F2N3/c1-10(2)16-20-19-15-6-3-11(9-21(15)16)7-12-4-5-13(17)8-14(12)18/h3-6,8-10,15,19H,7H2,1-2H3. The van der Waals surface area contributed by atoms with Gasteiger partial charge >= 0.3 is 0 Å². The van der Waals surface area contributed by atoms with Gasteiger partial charge in [0.05, 0.1) is 0 Å². The number of benzene rings is 1. The molecular formula is C16H17F2N3. The average molecular weight is 289 g/mol. The van der Waals surface area contributed by atoms with E-state index in [0.717, 1.165) is 17.5 Å². The molecule has 0 aromatic heterocycles. The molecule has 2 aliphatic heterocycles. The number of hydrogen-bond donors (Lipinski definition) is 1. The summed E-state index contributed by atoms with van der Waals surface area (Å²) in [5.41, 5.74) is 4.51. The van der Waals surface area contributed by atoms with Gasteiger partial charge in [-0.05, 0) is 23.3 Å². The highest BCUT2D eigenvalue weighted by atomic mass is 19.1. The van der Waals surface area contributed by atoms with Crippen LogP contribution in [0.1, 0.15) is 19.4 Å². The second-order valence-corrected chi connectivity index (χ2v) is 5.58. The van der Waals surface area contributed by atoms with Gasteiger partial charge in [-0.1, -0.05) is 26.0 Å². The van der Waals surface area contributed by atoms with E-state index in [1.165, 1.54) is 12.1 Å². The number of rotatable bonds is 3. The molecule has 1 aromatic carbocycles. The fraction of sp³-hybridized carbons (Fsp3) is 0.312. The van der Waals surface area contributed by atoms with E-state index >= 15 is 0 Å². The molecule has 5 heteroatoms. The molecule has 1 unspecified atom stereocenters. The van der Waals surface area contributed by atoms with Gasteiger partial charge in [0.1, 0.15) is 23.6 Å². The first-order valence-electron chi connectivity index (χ1n) is 6.99. The average Bonchev–Trinajstić information content (AvgIpc) is 2.85. The van der Waals surface area contributed by atoms with Gasteiger partial charge in [0.25, 0.3) is 0 Å². The van der Waals surface area contributed by atoms with E-state index in [0.29, 0.717) is 17.9 Å². The number of allylic oxidation sites excluding steroid dienone is 2. The quantitative estimate of drug-likeness (QED) is 0.925. The van der Waals surface area contributed by atoms with Crippen molar-refractivity contribution < 1.29 is 8.78 Å². The summed E-state index contributed by atoms with van der Waals surface area (Å²) in [5, 5.41) is 4.32. The van der Waals surface area contributed by atoms with Crippen LogP contribution < -0.4 is 5.43 Å². The summed E-state index contributed by atoms with van der Waals surface area (Å²) in [7, 11) is 0. The lowest BCUT2D eigenvalue weighted by atomic mass is 10.0. The predicted molar refractivity (Wildman–Crippen MR) is 78.3 cm³/mol. The zero-order chi connectivity index (χ0) is 15.0. The van der Waals surface area contributed by atoms with E-state index in [2.05, 4.69) is 29.3 Å². The summed E-state index contributed by atoms with van der Waals surface area (Å²) in [4.78, 5) is 2.06. The van der Waals surface area contributed by atoms with E-state index in [1.807, 2.05) is 18.4 Å². The monoisotopic (exact) mass is 289 g/mol. The molecule has 1 aromatic rings. The smallest absolute Gasteiger partial charge is 0.139 e. The van der Waals surface area contributed by atoms with Crippen LogP contribution in [0.3, 0.4) is 0 Å². The topological polar surface area (TPSA) is 27.6 Å². The lowest BCUT2D eigenvalue weighted by Crippen LogP contribution is -2.38. The molecular weight excluding hydrogens is 272 g/mol. The van der Waals surface area contributed by atoms with Crippen molar-refractivity contribution in [2.75, 3.05) is 0 Å². The molecule has 1 atom stereocenters. The minimum Gasteiger partial charge on any atom is -0.309 e. The summed E-state index contributed by atoms with van der Waals surface area (Å²) in [6.45, 7) is 4.16. The van der Waals surface area contributed by atoms with Gasteiger partial charge in [-0.3, -0.25) is 5.43 Å². The van der Waals surface area contributed by atoms with E-state index in [1.54, 1.807) is 0 Å². The Morgan fingerprint density at radius 3 is 2.86 bits per heavy atom. The molecule has 2 aliphatic rings. The summed E-state index contributed by atoms with van der Waals surface area (Å²) in [5.74, 6) is 0.196. The van der Waals surface area contributed by atoms with E-state index in [4.69, 9.17) is 0 Å². The Morgan fingerprint density at radius 1 is 1.33 bits per heavy atom. The third-order valence-corrected chi connectivity index (χ3v) is 3.60. The minimum absolute atomic E-state index is 0.0317. The van der Waals surface area contributed by atoms with Crippen molar-refractivity contribution >= 4 is 5.84 Å². The van der Waals surface area contributed by atoms with E-state index < -0.39 is 11.6 Å². The largest absolute Gasteiger partial charge is 0.309 e. The van der Waals surface area contributed by atoms with E-state index in [9.17, 15) is 8.78 Å². The zero-order valence-corrected chi connectivity index (χ0v) is 12.0. The fourth-order valence-corrected chi connectivity index (χ4v) is 2.53. The first-order valence-corrected chi connectivity index (χ1v) is 6.99. The van der Waals surface area contributed by atoms with Gasteiger partial charge in [-0.2, -0.15) is 5.10 Å². The van der Waals surface area contributed by atoms with Crippen LogP contribution in [-0.2, 0) is 6.42 Å². The van der Waals surface area contributed by atoms with Crippen molar-refractivity contribution in [3.05, 3.63) is 59.3 Å². The van der Waals surface area contributed by atoms with E-state index in [-0.39, 0.29) is 6.17 Å². The minimum atomic E-state index is -0.553. The number of amidine groups is 1. The number of hydrazone groups is 1. The molecule has 21 heavy (non-hydrogen) atoms. The number of nitrogens with zero attached hydrogens (tertiary/aromatic N) is 2. The first-order chi connectivity index (χ1) is 10.0. The van der Waals surface area contributed by atoms with Crippen molar-refractivity contribution in [3.63, 3.8) is 0 Å². The van der Waals surface area contributed by atoms with Gasteiger partial charge in [0.15, 0.2) is 0 Å². The summed E-state index contributed by atoms with van der Waals surface area (Å²) in [6.07, 6.45) is 6.39. The van der Waals surface area contributed by atoms with Crippen LogP contribution in [0.4, 0.5) is 8.78 Å². The molecule has 0 saturated carbocycles. The Morgan fingerprint density at radius 2 is 2.14 bits per heavy atom. The van der Waals surface area contributed by atoms with Gasteiger partial charge < -0.3 is 4.90 Å². The maximum absolute atomic E-state index is 13.7. The SMILES string of the molecule is CC(C)C1=NNC2C=CC(Cc3ccc(F)cc3F)=CN12. The molecule has 0 fully saturated rings. The molecule has 0 radical (unpaired) electrons. The van der Waals surface area contributed by atoms with Crippen molar-refractivity contribution in [1.82, 2.24) is 10.3 Å². The van der Waals surface area contributed by atoms with Crippen molar-refractivity contribution in [2.24, 2.45) is 11.0 Å². The van der Waals surface area contributed by atoms with Gasteiger partial charge in [-0.25, -0.2) is 8.78 Å². The van der Waals surface area contributed by atoms with Gasteiger partial charge in [0.2, 0.25) is 0 Å². The predicted octanol–water partition coefficient (Wildman–Crippen LogP) is 3.16. The van der Waals surface area contributed by atoms with Crippen molar-refractivity contribution in [1.29, 1.82) is 0 Å². The zero-order valence-electron chi connectivity index (χ0n) is 12.0. The molecule has 3 rings (SSSR count). The highest BCUT2D eigenvalue weighted by Crippen LogP contribution is 2.23. The maximum Gasteiger partial charge on any atom is 0.139 e. The van der Waals surface area contributed by atoms with Crippen LogP contribution in [0.2, 0.25) is 0 Å². The molecule has 0 saturated heterocycles. The van der Waals surface area contributed by atoms with Crippen molar-refractivity contribution in [3.8, 4) is 0 Å². The number of hydrogen-bond acceptors (Lipinski definition) is 3. The van der Waals surface area contributed by atoms with Gasteiger partial charge in [-0.15, -0.1) is 0 Å². The molecule has 3 nitrogen and oxygen atoms in total. The highest BCUT2D eigenvalue weighted by Gasteiger charge is 2.28. The van der Waals surface area contributed by atoms with Crippen LogP contribution in [-0.4, -0.2) is 16.9 Å². The number of fused-ring (bicyclic) bond motifs is 1. The van der Waals surface area contributed by atoms with Crippen LogP contribution in [0.15, 0.2) is 47.2 Å². The van der Waals surface area contributed by atoms with Gasteiger partial charge in [0, 0.05) is 24.6 Å². The maximum atomic E-state index is 13.7. The molecule has 0 amide bonds. The Kier molecular flexibility index (Phi) is 3.49. The summed E-state index contributed by atoms with van der Waals surface area (Å²) in [6, 6.07) is 3.70. The molecule has 110 valence electrons. The summed E-state index contributed by atoms with van der Waals surface area (Å²) >= 11 is 0. The molecule has 0 aliphatic carbocycles.